The highest BCUT2D eigenvalue weighted by Crippen LogP contribution is 2.61. The summed E-state index contributed by atoms with van der Waals surface area (Å²) in [5.41, 5.74) is -0.131. The van der Waals surface area contributed by atoms with Crippen LogP contribution in [0, 0.1) is 17.3 Å². The van der Waals surface area contributed by atoms with E-state index in [9.17, 15) is 4.79 Å². The van der Waals surface area contributed by atoms with Gasteiger partial charge in [-0.3, -0.25) is 4.79 Å². The molecule has 3 atom stereocenters. The number of ether oxygens (including phenoxy) is 1. The van der Waals surface area contributed by atoms with Crippen molar-refractivity contribution in [3.8, 4) is 0 Å². The van der Waals surface area contributed by atoms with Crippen LogP contribution in [-0.4, -0.2) is 11.6 Å². The molecule has 0 amide bonds. The third-order valence-corrected chi connectivity index (χ3v) is 5.15. The van der Waals surface area contributed by atoms with Gasteiger partial charge in [-0.2, -0.15) is 0 Å². The van der Waals surface area contributed by atoms with E-state index in [1.54, 1.807) is 0 Å². The molecular weight excluding hydrogens is 200 g/mol. The van der Waals surface area contributed by atoms with Crippen molar-refractivity contribution in [2.75, 3.05) is 0 Å². The molecule has 0 aromatic rings. The van der Waals surface area contributed by atoms with Crippen molar-refractivity contribution in [3.05, 3.63) is 0 Å². The average molecular weight is 224 g/mol. The van der Waals surface area contributed by atoms with E-state index in [-0.39, 0.29) is 17.0 Å². The van der Waals surface area contributed by atoms with Gasteiger partial charge in [0.15, 0.2) is 0 Å². The molecule has 0 N–H and O–H groups in total. The highest BCUT2D eigenvalue weighted by atomic mass is 16.6. The Kier molecular flexibility index (Phi) is 2.80. The van der Waals surface area contributed by atoms with Gasteiger partial charge in [0.1, 0.15) is 5.60 Å². The highest BCUT2D eigenvalue weighted by Gasteiger charge is 2.61. The minimum atomic E-state index is -0.255. The standard InChI is InChI=1S/C14H24O2/c1-5-10-7-11(6-2)14(8-10)9-12(15)16-13(14,3)4/h10-11H,5-9H2,1-4H3. The largest absolute Gasteiger partial charge is 0.459 e. The monoisotopic (exact) mass is 224 g/mol. The molecule has 1 spiro atoms. The molecule has 1 heterocycles. The number of cyclic esters (lactones) is 1. The lowest BCUT2D eigenvalue weighted by Gasteiger charge is -2.40. The van der Waals surface area contributed by atoms with Gasteiger partial charge in [-0.15, -0.1) is 0 Å². The molecule has 92 valence electrons. The summed E-state index contributed by atoms with van der Waals surface area (Å²) < 4.78 is 5.57. The van der Waals surface area contributed by atoms with Crippen LogP contribution in [0.4, 0.5) is 0 Å². The summed E-state index contributed by atoms with van der Waals surface area (Å²) >= 11 is 0. The molecule has 0 radical (unpaired) electrons. The molecular formula is C14H24O2. The van der Waals surface area contributed by atoms with E-state index in [0.717, 1.165) is 5.92 Å². The normalized spacial score (nSPS) is 41.6. The second-order valence-electron chi connectivity index (χ2n) is 6.14. The van der Waals surface area contributed by atoms with Gasteiger partial charge in [-0.1, -0.05) is 26.7 Å². The van der Waals surface area contributed by atoms with E-state index in [1.165, 1.54) is 25.7 Å². The summed E-state index contributed by atoms with van der Waals surface area (Å²) in [6.45, 7) is 8.74. The first-order chi connectivity index (χ1) is 7.45. The van der Waals surface area contributed by atoms with Crippen molar-refractivity contribution < 1.29 is 9.53 Å². The van der Waals surface area contributed by atoms with Gasteiger partial charge >= 0.3 is 5.97 Å². The fourth-order valence-corrected chi connectivity index (χ4v) is 4.11. The maximum absolute atomic E-state index is 11.7. The number of hydrogen-bond donors (Lipinski definition) is 0. The maximum atomic E-state index is 11.7. The summed E-state index contributed by atoms with van der Waals surface area (Å²) in [6.07, 6.45) is 5.53. The lowest BCUT2D eigenvalue weighted by Crippen LogP contribution is -2.42. The van der Waals surface area contributed by atoms with Crippen molar-refractivity contribution in [2.45, 2.75) is 65.4 Å². The van der Waals surface area contributed by atoms with Gasteiger partial charge in [0.2, 0.25) is 0 Å². The summed E-state index contributed by atoms with van der Waals surface area (Å²) in [6, 6.07) is 0. The second-order valence-corrected chi connectivity index (χ2v) is 6.14. The molecule has 0 aromatic heterocycles. The minimum absolute atomic E-state index is 0.0141. The van der Waals surface area contributed by atoms with Crippen LogP contribution in [0.2, 0.25) is 0 Å². The number of rotatable bonds is 2. The molecule has 2 heteroatoms. The Morgan fingerprint density at radius 3 is 2.44 bits per heavy atom. The van der Waals surface area contributed by atoms with Crippen LogP contribution in [0.3, 0.4) is 0 Å². The predicted molar refractivity (Wildman–Crippen MR) is 64.0 cm³/mol. The Morgan fingerprint density at radius 1 is 1.31 bits per heavy atom. The van der Waals surface area contributed by atoms with Gasteiger partial charge in [0, 0.05) is 5.41 Å². The Morgan fingerprint density at radius 2 is 2.00 bits per heavy atom. The van der Waals surface area contributed by atoms with Crippen molar-refractivity contribution in [1.29, 1.82) is 0 Å². The van der Waals surface area contributed by atoms with Gasteiger partial charge in [-0.25, -0.2) is 0 Å². The van der Waals surface area contributed by atoms with Crippen molar-refractivity contribution in [2.24, 2.45) is 17.3 Å². The zero-order valence-corrected chi connectivity index (χ0v) is 11.0. The molecule has 2 fully saturated rings. The summed E-state index contributed by atoms with van der Waals surface area (Å²) in [4.78, 5) is 11.7. The minimum Gasteiger partial charge on any atom is -0.459 e. The number of esters is 1. The molecule has 0 aromatic carbocycles. The molecule has 3 unspecified atom stereocenters. The third kappa shape index (κ3) is 1.49. The Balaban J connectivity index is 2.32. The Labute approximate surface area is 98.7 Å². The van der Waals surface area contributed by atoms with Gasteiger partial charge < -0.3 is 4.74 Å². The first-order valence-corrected chi connectivity index (χ1v) is 6.67. The average Bonchev–Trinajstić information content (AvgIpc) is 2.66. The van der Waals surface area contributed by atoms with Crippen molar-refractivity contribution >= 4 is 5.97 Å². The van der Waals surface area contributed by atoms with Crippen LogP contribution < -0.4 is 0 Å². The third-order valence-electron chi connectivity index (χ3n) is 5.15. The van der Waals surface area contributed by atoms with Crippen molar-refractivity contribution in [1.82, 2.24) is 0 Å². The second kappa shape index (κ2) is 3.75. The fourth-order valence-electron chi connectivity index (χ4n) is 4.11. The summed E-state index contributed by atoms with van der Waals surface area (Å²) in [5, 5.41) is 0. The molecule has 1 aliphatic carbocycles. The van der Waals surface area contributed by atoms with Crippen molar-refractivity contribution in [3.63, 3.8) is 0 Å². The molecule has 0 bridgehead atoms. The smallest absolute Gasteiger partial charge is 0.307 e. The van der Waals surface area contributed by atoms with E-state index in [0.29, 0.717) is 12.3 Å². The van der Waals surface area contributed by atoms with Crippen LogP contribution in [0.5, 0.6) is 0 Å². The maximum Gasteiger partial charge on any atom is 0.307 e. The predicted octanol–water partition coefficient (Wildman–Crippen LogP) is 3.54. The van der Waals surface area contributed by atoms with Crippen LogP contribution in [0.25, 0.3) is 0 Å². The molecule has 2 rings (SSSR count). The topological polar surface area (TPSA) is 26.3 Å². The van der Waals surface area contributed by atoms with Crippen LogP contribution in [0.15, 0.2) is 0 Å². The summed E-state index contributed by atoms with van der Waals surface area (Å²) in [5.74, 6) is 1.47. The Bertz CT molecular complexity index is 295. The van der Waals surface area contributed by atoms with Gasteiger partial charge in [0.05, 0.1) is 6.42 Å². The number of carbonyl (C=O) groups is 1. The van der Waals surface area contributed by atoms with Crippen LogP contribution >= 0.6 is 0 Å². The molecule has 2 nitrogen and oxygen atoms in total. The lowest BCUT2D eigenvalue weighted by molar-refractivity contribution is -0.148. The summed E-state index contributed by atoms with van der Waals surface area (Å²) in [7, 11) is 0. The van der Waals surface area contributed by atoms with E-state index < -0.39 is 0 Å². The zero-order chi connectivity index (χ0) is 12.0. The van der Waals surface area contributed by atoms with E-state index in [2.05, 4.69) is 27.7 Å². The SMILES string of the molecule is CCC1CC(CC)C2(CC(=O)OC2(C)C)C1. The quantitative estimate of drug-likeness (QED) is 0.671. The van der Waals surface area contributed by atoms with Gasteiger partial charge in [0.25, 0.3) is 0 Å². The van der Waals surface area contributed by atoms with Gasteiger partial charge in [-0.05, 0) is 38.5 Å². The first-order valence-electron chi connectivity index (χ1n) is 6.67. The number of hydrogen-bond acceptors (Lipinski definition) is 2. The fraction of sp³-hybridized carbons (Fsp3) is 0.929. The van der Waals surface area contributed by atoms with Crippen LogP contribution in [-0.2, 0) is 9.53 Å². The molecule has 2 aliphatic rings. The van der Waals surface area contributed by atoms with Crippen LogP contribution in [0.1, 0.15) is 59.8 Å². The molecule has 1 saturated heterocycles. The first kappa shape index (κ1) is 11.9. The number of carbonyl (C=O) groups excluding carboxylic acids is 1. The molecule has 1 saturated carbocycles. The highest BCUT2D eigenvalue weighted by molar-refractivity contribution is 5.74. The molecule has 1 aliphatic heterocycles. The lowest BCUT2D eigenvalue weighted by atomic mass is 9.65. The van der Waals surface area contributed by atoms with E-state index in [4.69, 9.17) is 4.74 Å². The van der Waals surface area contributed by atoms with E-state index in [1.807, 2.05) is 0 Å². The Hall–Kier alpha value is -0.530. The molecule has 16 heavy (non-hydrogen) atoms. The van der Waals surface area contributed by atoms with E-state index >= 15 is 0 Å². The zero-order valence-electron chi connectivity index (χ0n) is 11.0.